The molecule has 1 rings (SSSR count). The molecule has 0 aromatic heterocycles. The van der Waals surface area contributed by atoms with E-state index in [1.807, 2.05) is 0 Å². The first-order chi connectivity index (χ1) is 9.93. The number of benzene rings is 1. The summed E-state index contributed by atoms with van der Waals surface area (Å²) < 4.78 is 5.48. The van der Waals surface area contributed by atoms with E-state index in [-0.39, 0.29) is 11.6 Å². The molecule has 0 aliphatic heterocycles. The average Bonchev–Trinajstić information content (AvgIpc) is 2.44. The minimum absolute atomic E-state index is 0.0124. The molecule has 1 amide bonds. The third-order valence-electron chi connectivity index (χ3n) is 2.76. The van der Waals surface area contributed by atoms with Crippen molar-refractivity contribution in [2.24, 2.45) is 0 Å². The van der Waals surface area contributed by atoms with E-state index in [1.165, 1.54) is 12.1 Å². The molecule has 1 aromatic rings. The Morgan fingerprint density at radius 1 is 1.48 bits per heavy atom. The first kappa shape index (κ1) is 17.5. The Balaban J connectivity index is 2.54. The van der Waals surface area contributed by atoms with Crippen LogP contribution < -0.4 is 10.6 Å². The zero-order chi connectivity index (χ0) is 15.8. The third kappa shape index (κ3) is 6.19. The average molecular weight is 360 g/mol. The van der Waals surface area contributed by atoms with Crippen molar-refractivity contribution in [2.75, 3.05) is 20.3 Å². The van der Waals surface area contributed by atoms with E-state index in [0.717, 1.165) is 5.56 Å². The number of carbonyl (C=O) groups excluding carboxylic acids is 1. The lowest BCUT2D eigenvalue weighted by Crippen LogP contribution is -2.42. The third-order valence-corrected chi connectivity index (χ3v) is 3.22. The maximum absolute atomic E-state index is 11.7. The molecule has 0 spiro atoms. The fourth-order valence-electron chi connectivity index (χ4n) is 1.63. The van der Waals surface area contributed by atoms with Crippen molar-refractivity contribution in [2.45, 2.75) is 19.5 Å². The van der Waals surface area contributed by atoms with E-state index < -0.39 is 11.0 Å². The molecule has 8 heteroatoms. The lowest BCUT2D eigenvalue weighted by Gasteiger charge is -2.14. The van der Waals surface area contributed by atoms with Gasteiger partial charge in [0.2, 0.25) is 5.91 Å². The molecule has 0 saturated carbocycles. The number of nitro groups is 1. The second-order valence-corrected chi connectivity index (χ2v) is 5.38. The van der Waals surface area contributed by atoms with Crippen molar-refractivity contribution in [3.63, 3.8) is 0 Å². The molecule has 0 aliphatic rings. The number of non-ortho nitro benzene ring substituents is 1. The summed E-state index contributed by atoms with van der Waals surface area (Å²) in [5.74, 6) is -0.142. The molecule has 0 heterocycles. The van der Waals surface area contributed by atoms with Crippen molar-refractivity contribution < 1.29 is 14.5 Å². The molecule has 0 saturated heterocycles. The predicted molar refractivity (Wildman–Crippen MR) is 82.0 cm³/mol. The van der Waals surface area contributed by atoms with Crippen molar-refractivity contribution in [1.82, 2.24) is 10.6 Å². The van der Waals surface area contributed by atoms with Gasteiger partial charge in [0, 0.05) is 36.8 Å². The van der Waals surface area contributed by atoms with Crippen LogP contribution in [0, 0.1) is 10.1 Å². The van der Waals surface area contributed by atoms with E-state index in [4.69, 9.17) is 4.74 Å². The van der Waals surface area contributed by atoms with Crippen LogP contribution in [-0.2, 0) is 16.1 Å². The molecular weight excluding hydrogens is 342 g/mol. The van der Waals surface area contributed by atoms with Crippen molar-refractivity contribution in [3.8, 4) is 0 Å². The molecule has 116 valence electrons. The molecule has 7 nitrogen and oxygen atoms in total. The minimum atomic E-state index is -0.449. The van der Waals surface area contributed by atoms with E-state index in [2.05, 4.69) is 26.6 Å². The Morgan fingerprint density at radius 3 is 2.81 bits per heavy atom. The van der Waals surface area contributed by atoms with E-state index in [9.17, 15) is 14.9 Å². The van der Waals surface area contributed by atoms with Crippen LogP contribution in [0.1, 0.15) is 12.5 Å². The van der Waals surface area contributed by atoms with Gasteiger partial charge in [-0.2, -0.15) is 0 Å². The summed E-state index contributed by atoms with van der Waals surface area (Å²) in [6, 6.07) is 4.28. The monoisotopic (exact) mass is 359 g/mol. The summed E-state index contributed by atoms with van der Waals surface area (Å²) >= 11 is 3.23. The SMILES string of the molecule is COCCNC(=O)C(C)NCc1cc(Br)cc([N+](=O)[O-])c1. The lowest BCUT2D eigenvalue weighted by atomic mass is 10.2. The number of rotatable bonds is 8. The maximum Gasteiger partial charge on any atom is 0.270 e. The van der Waals surface area contributed by atoms with Gasteiger partial charge in [0.05, 0.1) is 17.6 Å². The highest BCUT2D eigenvalue weighted by atomic mass is 79.9. The molecule has 21 heavy (non-hydrogen) atoms. The molecule has 0 bridgehead atoms. The second-order valence-electron chi connectivity index (χ2n) is 4.46. The van der Waals surface area contributed by atoms with Gasteiger partial charge < -0.3 is 15.4 Å². The summed E-state index contributed by atoms with van der Waals surface area (Å²) in [5.41, 5.74) is 0.742. The van der Waals surface area contributed by atoms with Gasteiger partial charge in [0.25, 0.3) is 5.69 Å². The van der Waals surface area contributed by atoms with Crippen LogP contribution in [0.25, 0.3) is 0 Å². The van der Waals surface area contributed by atoms with Gasteiger partial charge in [-0.1, -0.05) is 15.9 Å². The van der Waals surface area contributed by atoms with Crippen LogP contribution in [0.5, 0.6) is 0 Å². The number of nitrogens with zero attached hydrogens (tertiary/aromatic N) is 1. The maximum atomic E-state index is 11.7. The zero-order valence-corrected chi connectivity index (χ0v) is 13.5. The molecule has 1 unspecified atom stereocenters. The van der Waals surface area contributed by atoms with Crippen LogP contribution in [0.4, 0.5) is 5.69 Å². The Hall–Kier alpha value is -1.51. The van der Waals surface area contributed by atoms with Gasteiger partial charge >= 0.3 is 0 Å². The topological polar surface area (TPSA) is 93.5 Å². The molecule has 1 aromatic carbocycles. The van der Waals surface area contributed by atoms with Gasteiger partial charge in [-0.3, -0.25) is 14.9 Å². The van der Waals surface area contributed by atoms with Gasteiger partial charge in [-0.25, -0.2) is 0 Å². The normalized spacial score (nSPS) is 12.0. The minimum Gasteiger partial charge on any atom is -0.383 e. The lowest BCUT2D eigenvalue weighted by molar-refractivity contribution is -0.385. The largest absolute Gasteiger partial charge is 0.383 e. The van der Waals surface area contributed by atoms with Gasteiger partial charge in [-0.05, 0) is 18.6 Å². The van der Waals surface area contributed by atoms with Crippen LogP contribution in [0.2, 0.25) is 0 Å². The Bertz CT molecular complexity index is 510. The number of methoxy groups -OCH3 is 1. The van der Waals surface area contributed by atoms with Crippen molar-refractivity contribution in [1.29, 1.82) is 0 Å². The van der Waals surface area contributed by atoms with Crippen molar-refractivity contribution >= 4 is 27.5 Å². The van der Waals surface area contributed by atoms with Gasteiger partial charge in [0.15, 0.2) is 0 Å². The Morgan fingerprint density at radius 2 is 2.19 bits per heavy atom. The molecule has 2 N–H and O–H groups in total. The van der Waals surface area contributed by atoms with Gasteiger partial charge in [0.1, 0.15) is 0 Å². The molecular formula is C13H18BrN3O4. The Kier molecular flexibility index (Phi) is 7.27. The first-order valence-electron chi connectivity index (χ1n) is 6.38. The summed E-state index contributed by atoms with van der Waals surface area (Å²) in [6.07, 6.45) is 0. The molecule has 0 fully saturated rings. The number of ether oxygens (including phenoxy) is 1. The molecule has 1 atom stereocenters. The number of halogens is 1. The number of hydrogen-bond acceptors (Lipinski definition) is 5. The smallest absolute Gasteiger partial charge is 0.270 e. The number of nitro benzene ring substituents is 1. The highest BCUT2D eigenvalue weighted by Crippen LogP contribution is 2.21. The van der Waals surface area contributed by atoms with E-state index in [1.54, 1.807) is 20.1 Å². The quantitative estimate of drug-likeness (QED) is 0.417. The van der Waals surface area contributed by atoms with Crippen LogP contribution >= 0.6 is 15.9 Å². The number of amides is 1. The zero-order valence-electron chi connectivity index (χ0n) is 11.9. The van der Waals surface area contributed by atoms with E-state index in [0.29, 0.717) is 24.2 Å². The first-order valence-corrected chi connectivity index (χ1v) is 7.17. The summed E-state index contributed by atoms with van der Waals surface area (Å²) in [5, 5.41) is 16.5. The fraction of sp³-hybridized carbons (Fsp3) is 0.462. The Labute approximate surface area is 131 Å². The number of hydrogen-bond donors (Lipinski definition) is 2. The summed E-state index contributed by atoms with van der Waals surface area (Å²) in [4.78, 5) is 22.1. The van der Waals surface area contributed by atoms with Crippen molar-refractivity contribution in [3.05, 3.63) is 38.3 Å². The fourth-order valence-corrected chi connectivity index (χ4v) is 2.16. The number of carbonyl (C=O) groups is 1. The molecule has 0 radical (unpaired) electrons. The van der Waals surface area contributed by atoms with Crippen LogP contribution in [0.3, 0.4) is 0 Å². The predicted octanol–water partition coefficient (Wildman–Crippen LogP) is 1.60. The second kappa shape index (κ2) is 8.71. The molecule has 0 aliphatic carbocycles. The summed E-state index contributed by atoms with van der Waals surface area (Å²) in [6.45, 7) is 2.99. The summed E-state index contributed by atoms with van der Waals surface area (Å²) in [7, 11) is 1.56. The van der Waals surface area contributed by atoms with Crippen LogP contribution in [0.15, 0.2) is 22.7 Å². The van der Waals surface area contributed by atoms with Crippen LogP contribution in [-0.4, -0.2) is 37.1 Å². The van der Waals surface area contributed by atoms with Gasteiger partial charge in [-0.15, -0.1) is 0 Å². The highest BCUT2D eigenvalue weighted by molar-refractivity contribution is 9.10. The van der Waals surface area contributed by atoms with E-state index >= 15 is 0 Å². The number of nitrogens with one attached hydrogen (secondary N) is 2. The highest BCUT2D eigenvalue weighted by Gasteiger charge is 2.13. The standard InChI is InChI=1S/C13H18BrN3O4/c1-9(13(18)15-3-4-21-2)16-8-10-5-11(14)7-12(6-10)17(19)20/h5-7,9,16H,3-4,8H2,1-2H3,(H,15,18).